The zero-order valence-electron chi connectivity index (χ0n) is 26.1. The number of sulfonamides is 1. The number of rotatable bonds is 9. The van der Waals surface area contributed by atoms with Crippen molar-refractivity contribution in [2.45, 2.75) is 88.4 Å². The summed E-state index contributed by atoms with van der Waals surface area (Å²) < 4.78 is 37.5. The molecule has 1 aromatic heterocycles. The molecule has 1 aromatic carbocycles. The number of benzene rings is 1. The van der Waals surface area contributed by atoms with Crippen LogP contribution in [0.5, 0.6) is 5.75 Å². The smallest absolute Gasteiger partial charge is 0.244 e. The van der Waals surface area contributed by atoms with Gasteiger partial charge in [-0.1, -0.05) is 0 Å². The molecule has 1 saturated heterocycles. The van der Waals surface area contributed by atoms with Crippen molar-refractivity contribution in [3.8, 4) is 5.75 Å². The van der Waals surface area contributed by atoms with E-state index in [1.165, 1.54) is 6.42 Å². The zero-order chi connectivity index (χ0) is 30.0. The number of nitrogens with zero attached hydrogens (tertiary/aromatic N) is 5. The Morgan fingerprint density at radius 1 is 1.05 bits per heavy atom. The summed E-state index contributed by atoms with van der Waals surface area (Å²) >= 11 is 0. The van der Waals surface area contributed by atoms with Crippen LogP contribution in [0.25, 0.3) is 0 Å². The van der Waals surface area contributed by atoms with Crippen LogP contribution in [0, 0.1) is 13.8 Å². The summed E-state index contributed by atoms with van der Waals surface area (Å²) in [6.45, 7) is 9.15. The van der Waals surface area contributed by atoms with Crippen molar-refractivity contribution in [1.82, 2.24) is 23.6 Å². The van der Waals surface area contributed by atoms with Gasteiger partial charge < -0.3 is 19.1 Å². The van der Waals surface area contributed by atoms with E-state index in [1.54, 1.807) is 23.5 Å². The third kappa shape index (κ3) is 6.42. The number of carbonyl (C=O) groups excluding carboxylic acids is 1. The lowest BCUT2D eigenvalue weighted by atomic mass is 9.88. The minimum absolute atomic E-state index is 0.168. The van der Waals surface area contributed by atoms with Crippen LogP contribution in [0.4, 0.5) is 0 Å². The van der Waals surface area contributed by atoms with Gasteiger partial charge in [-0.3, -0.25) is 9.69 Å². The monoisotopic (exact) mass is 599 g/mol. The Kier molecular flexibility index (Phi) is 9.66. The molecule has 0 N–H and O–H groups in total. The summed E-state index contributed by atoms with van der Waals surface area (Å²) in [7, 11) is 1.99. The Labute approximate surface area is 252 Å². The van der Waals surface area contributed by atoms with Crippen molar-refractivity contribution in [3.05, 3.63) is 47.3 Å². The Morgan fingerprint density at radius 3 is 2.45 bits per heavy atom. The molecule has 0 bridgehead atoms. The number of amides is 1. The predicted molar refractivity (Wildman–Crippen MR) is 165 cm³/mol. The van der Waals surface area contributed by atoms with Crippen LogP contribution < -0.4 is 4.74 Å². The quantitative estimate of drug-likeness (QED) is 0.433. The van der Waals surface area contributed by atoms with Gasteiger partial charge in [0, 0.05) is 76.7 Å². The van der Waals surface area contributed by atoms with Crippen LogP contribution in [0.1, 0.15) is 67.8 Å². The molecule has 9 nitrogen and oxygen atoms in total. The molecule has 10 heteroatoms. The number of methoxy groups -OCH3 is 1. The zero-order valence-corrected chi connectivity index (χ0v) is 26.9. The maximum absolute atomic E-state index is 14.2. The minimum Gasteiger partial charge on any atom is -0.497 e. The molecule has 3 aliphatic rings. The molecule has 3 heterocycles. The summed E-state index contributed by atoms with van der Waals surface area (Å²) in [5.74, 6) is 0.824. The number of ether oxygens (including phenoxy) is 1. The molecule has 1 unspecified atom stereocenters. The van der Waals surface area contributed by atoms with Gasteiger partial charge in [-0.2, -0.15) is 4.31 Å². The maximum atomic E-state index is 14.2. The summed E-state index contributed by atoms with van der Waals surface area (Å²) in [4.78, 5) is 20.8. The third-order valence-electron chi connectivity index (χ3n) is 9.83. The lowest BCUT2D eigenvalue weighted by molar-refractivity contribution is -0.133. The highest BCUT2D eigenvalue weighted by Crippen LogP contribution is 2.38. The fraction of sp³-hybridized carbons (Fsp3) is 0.656. The van der Waals surface area contributed by atoms with E-state index in [2.05, 4.69) is 21.4 Å². The van der Waals surface area contributed by atoms with Crippen LogP contribution in [-0.2, 0) is 21.4 Å². The van der Waals surface area contributed by atoms with Gasteiger partial charge in [-0.15, -0.1) is 0 Å². The van der Waals surface area contributed by atoms with Crippen LogP contribution in [0.3, 0.4) is 0 Å². The van der Waals surface area contributed by atoms with Crippen LogP contribution in [0.15, 0.2) is 35.4 Å². The number of fused-ring (bicyclic) bond motifs is 1. The highest BCUT2D eigenvalue weighted by atomic mass is 32.2. The van der Waals surface area contributed by atoms with Crippen molar-refractivity contribution in [1.29, 1.82) is 0 Å². The van der Waals surface area contributed by atoms with Gasteiger partial charge >= 0.3 is 0 Å². The number of hydrogen-bond donors (Lipinski definition) is 0. The van der Waals surface area contributed by atoms with E-state index < -0.39 is 10.0 Å². The first-order valence-electron chi connectivity index (χ1n) is 15.6. The first-order valence-corrected chi connectivity index (χ1v) is 17.0. The predicted octanol–water partition coefficient (Wildman–Crippen LogP) is 4.05. The SMILES string of the molecule is COc1cc(C)c(S(=O)(=O)N2CCn3cccc3C2CCCC(=O)N(C)[C@H]2CCC[C@@H](N3CCN(C)CC3)C2)c(C)c1. The van der Waals surface area contributed by atoms with E-state index in [0.29, 0.717) is 60.2 Å². The molecule has 42 heavy (non-hydrogen) atoms. The molecular formula is C32H49N5O4S. The fourth-order valence-electron chi connectivity index (χ4n) is 7.41. The topological polar surface area (TPSA) is 78.3 Å². The second kappa shape index (κ2) is 13.1. The van der Waals surface area contributed by atoms with E-state index in [-0.39, 0.29) is 18.0 Å². The second-order valence-corrected chi connectivity index (χ2v) is 14.4. The third-order valence-corrected chi connectivity index (χ3v) is 12.0. The van der Waals surface area contributed by atoms with Crippen molar-refractivity contribution in [2.24, 2.45) is 0 Å². The first-order chi connectivity index (χ1) is 20.1. The molecule has 2 aliphatic heterocycles. The highest BCUT2D eigenvalue weighted by Gasteiger charge is 2.38. The van der Waals surface area contributed by atoms with Crippen molar-refractivity contribution >= 4 is 15.9 Å². The summed E-state index contributed by atoms with van der Waals surface area (Å²) in [5, 5.41) is 0. The fourth-order valence-corrected chi connectivity index (χ4v) is 9.45. The van der Waals surface area contributed by atoms with Gasteiger partial charge in [0.05, 0.1) is 18.0 Å². The molecular weight excluding hydrogens is 550 g/mol. The van der Waals surface area contributed by atoms with Crippen LogP contribution in [0.2, 0.25) is 0 Å². The molecule has 2 aromatic rings. The standard InChI is InChI=1S/C32H49N5O4S/c1-24-21-28(41-5)22-25(2)32(24)42(39,40)37-20-19-36-14-8-12-29(36)30(37)11-7-13-31(38)34(4)26-9-6-10-27(23-26)35-17-15-33(3)16-18-35/h8,12,14,21-22,26-27,30H,6-7,9-11,13,15-20,23H2,1-5H3/t26-,27+,30?/m0/s1. The number of aromatic nitrogens is 1. The van der Waals surface area contributed by atoms with Gasteiger partial charge in [0.1, 0.15) is 5.75 Å². The van der Waals surface area contributed by atoms with E-state index in [9.17, 15) is 13.2 Å². The first kappa shape index (κ1) is 31.0. The Hall–Kier alpha value is -2.40. The van der Waals surface area contributed by atoms with Crippen LogP contribution >= 0.6 is 0 Å². The Balaban J connectivity index is 1.25. The minimum atomic E-state index is -3.76. The molecule has 1 amide bonds. The molecule has 5 rings (SSSR count). The molecule has 3 atom stereocenters. The van der Waals surface area contributed by atoms with Gasteiger partial charge in [0.2, 0.25) is 15.9 Å². The molecule has 232 valence electrons. The highest BCUT2D eigenvalue weighted by molar-refractivity contribution is 7.89. The van der Waals surface area contributed by atoms with Crippen LogP contribution in [-0.4, -0.2) is 104 Å². The molecule has 1 saturated carbocycles. The van der Waals surface area contributed by atoms with Gasteiger partial charge in [0.25, 0.3) is 0 Å². The van der Waals surface area contributed by atoms with Gasteiger partial charge in [-0.05, 0) is 94.8 Å². The van der Waals surface area contributed by atoms with Crippen molar-refractivity contribution in [3.63, 3.8) is 0 Å². The van der Waals surface area contributed by atoms with Crippen molar-refractivity contribution < 1.29 is 17.9 Å². The number of piperazine rings is 1. The number of hydrogen-bond acceptors (Lipinski definition) is 6. The lowest BCUT2D eigenvalue weighted by Crippen LogP contribution is -2.52. The average molecular weight is 600 g/mol. The lowest BCUT2D eigenvalue weighted by Gasteiger charge is -2.43. The number of carbonyl (C=O) groups is 1. The Bertz CT molecular complexity index is 1330. The molecule has 0 spiro atoms. The van der Waals surface area contributed by atoms with E-state index in [1.807, 2.05) is 44.1 Å². The maximum Gasteiger partial charge on any atom is 0.244 e. The summed E-state index contributed by atoms with van der Waals surface area (Å²) in [6, 6.07) is 8.11. The van der Waals surface area contributed by atoms with E-state index in [0.717, 1.165) is 51.1 Å². The van der Waals surface area contributed by atoms with Gasteiger partial charge in [0.15, 0.2) is 0 Å². The van der Waals surface area contributed by atoms with E-state index in [4.69, 9.17) is 4.74 Å². The molecule has 0 radical (unpaired) electrons. The second-order valence-electron chi connectivity index (χ2n) is 12.6. The largest absolute Gasteiger partial charge is 0.497 e. The Morgan fingerprint density at radius 2 is 1.76 bits per heavy atom. The number of likely N-dealkylation sites (N-methyl/N-ethyl adjacent to an activating group) is 1. The van der Waals surface area contributed by atoms with Gasteiger partial charge in [-0.25, -0.2) is 8.42 Å². The molecule has 1 aliphatic carbocycles. The summed E-state index contributed by atoms with van der Waals surface area (Å²) in [6.07, 6.45) is 8.19. The number of aryl methyl sites for hydroxylation is 2. The van der Waals surface area contributed by atoms with Crippen molar-refractivity contribution in [2.75, 3.05) is 53.9 Å². The average Bonchev–Trinajstić information content (AvgIpc) is 3.46. The molecule has 2 fully saturated rings. The normalized spacial score (nSPS) is 24.4. The van der Waals surface area contributed by atoms with E-state index >= 15 is 0 Å². The summed E-state index contributed by atoms with van der Waals surface area (Å²) in [5.41, 5.74) is 2.37.